The number of ether oxygens (including phenoxy) is 1. The molecule has 104 valence electrons. The Hall–Kier alpha value is -1.19. The second-order valence-corrected chi connectivity index (χ2v) is 6.68. The van der Waals surface area contributed by atoms with E-state index in [-0.39, 0.29) is 11.9 Å². The topological polar surface area (TPSA) is 9.23 Å². The number of hydrogen-bond acceptors (Lipinski definition) is 2. The van der Waals surface area contributed by atoms with Gasteiger partial charge < -0.3 is 4.74 Å². The Kier molecular flexibility index (Phi) is 3.12. The summed E-state index contributed by atoms with van der Waals surface area (Å²) < 4.78 is 19.5. The summed E-state index contributed by atoms with van der Waals surface area (Å²) >= 11 is 1.86. The first-order valence-electron chi connectivity index (χ1n) is 7.31. The first kappa shape index (κ1) is 12.5. The summed E-state index contributed by atoms with van der Waals surface area (Å²) in [6.07, 6.45) is 5.29. The molecule has 2 heterocycles. The van der Waals surface area contributed by atoms with E-state index in [1.54, 1.807) is 0 Å². The van der Waals surface area contributed by atoms with E-state index in [9.17, 15) is 4.39 Å². The van der Waals surface area contributed by atoms with Crippen LogP contribution in [0.15, 0.2) is 35.7 Å². The highest BCUT2D eigenvalue weighted by Gasteiger charge is 2.38. The Morgan fingerprint density at radius 2 is 1.85 bits per heavy atom. The minimum absolute atomic E-state index is 0.0174. The van der Waals surface area contributed by atoms with Crippen LogP contribution in [0.5, 0.6) is 0 Å². The Morgan fingerprint density at radius 3 is 2.70 bits per heavy atom. The molecule has 1 saturated carbocycles. The third-order valence-electron chi connectivity index (χ3n) is 4.53. The molecule has 4 rings (SSSR count). The normalized spacial score (nSPS) is 28.8. The van der Waals surface area contributed by atoms with Gasteiger partial charge in [-0.1, -0.05) is 25.0 Å². The van der Waals surface area contributed by atoms with Gasteiger partial charge in [-0.2, -0.15) is 0 Å². The van der Waals surface area contributed by atoms with Gasteiger partial charge in [0, 0.05) is 10.8 Å². The van der Waals surface area contributed by atoms with E-state index in [4.69, 9.17) is 4.74 Å². The van der Waals surface area contributed by atoms with Crippen molar-refractivity contribution < 1.29 is 9.13 Å². The fraction of sp³-hybridized carbons (Fsp3) is 0.412. The molecule has 1 aromatic carbocycles. The zero-order chi connectivity index (χ0) is 13.5. The van der Waals surface area contributed by atoms with E-state index in [2.05, 4.69) is 11.4 Å². The molecule has 2 aromatic rings. The Balaban J connectivity index is 1.75. The summed E-state index contributed by atoms with van der Waals surface area (Å²) in [7, 11) is 0. The van der Waals surface area contributed by atoms with Gasteiger partial charge in [-0.25, -0.2) is 4.39 Å². The molecule has 3 heteroatoms. The van der Waals surface area contributed by atoms with Crippen LogP contribution in [0.1, 0.15) is 53.7 Å². The van der Waals surface area contributed by atoms with E-state index in [0.717, 1.165) is 12.0 Å². The van der Waals surface area contributed by atoms with Crippen LogP contribution in [0, 0.1) is 5.82 Å². The molecule has 0 spiro atoms. The minimum atomic E-state index is -0.189. The van der Waals surface area contributed by atoms with Crippen LogP contribution in [0.4, 0.5) is 4.39 Å². The van der Waals surface area contributed by atoms with E-state index in [0.29, 0.717) is 12.0 Å². The fourth-order valence-electron chi connectivity index (χ4n) is 3.55. The van der Waals surface area contributed by atoms with Crippen LogP contribution in [-0.2, 0) is 4.74 Å². The first-order chi connectivity index (χ1) is 9.83. The monoisotopic (exact) mass is 288 g/mol. The third-order valence-corrected chi connectivity index (χ3v) is 5.60. The molecule has 1 aliphatic heterocycles. The maximum absolute atomic E-state index is 13.1. The number of hydrogen-bond donors (Lipinski definition) is 0. The van der Waals surface area contributed by atoms with Gasteiger partial charge in [0.05, 0.1) is 6.10 Å². The number of thiophene rings is 1. The third kappa shape index (κ3) is 2.00. The molecule has 0 saturated heterocycles. The molecule has 1 nitrogen and oxygen atoms in total. The van der Waals surface area contributed by atoms with Gasteiger partial charge in [-0.05, 0) is 47.5 Å². The molecule has 1 aromatic heterocycles. The number of halogens is 1. The zero-order valence-corrected chi connectivity index (χ0v) is 12.0. The van der Waals surface area contributed by atoms with Gasteiger partial charge in [-0.15, -0.1) is 11.3 Å². The molecule has 0 unspecified atom stereocenters. The van der Waals surface area contributed by atoms with Gasteiger partial charge in [0.15, 0.2) is 0 Å². The molecule has 1 fully saturated rings. The fourth-order valence-corrected chi connectivity index (χ4v) is 4.67. The SMILES string of the molecule is Fc1ccc([C@H]2O[C@H]3CCCC[C@@H]3c3sccc32)cc1. The standard InChI is InChI=1S/C17H17FOS/c18-12-7-5-11(6-8-12)16-14-9-10-20-17(14)13-3-1-2-4-15(13)19-16/h5-10,13,15-16H,1-4H2/t13-,15-,16+/m0/s1. The summed E-state index contributed by atoms with van der Waals surface area (Å²) in [5, 5.41) is 2.17. The quantitative estimate of drug-likeness (QED) is 0.715. The van der Waals surface area contributed by atoms with Crippen molar-refractivity contribution in [3.8, 4) is 0 Å². The highest BCUT2D eigenvalue weighted by Crippen LogP contribution is 2.48. The number of rotatable bonds is 1. The maximum Gasteiger partial charge on any atom is 0.123 e. The van der Waals surface area contributed by atoms with Crippen molar-refractivity contribution in [3.05, 3.63) is 57.5 Å². The molecule has 0 amide bonds. The van der Waals surface area contributed by atoms with Crippen molar-refractivity contribution in [1.82, 2.24) is 0 Å². The summed E-state index contributed by atoms with van der Waals surface area (Å²) in [6.45, 7) is 0. The lowest BCUT2D eigenvalue weighted by molar-refractivity contribution is -0.0374. The molecule has 1 aliphatic carbocycles. The van der Waals surface area contributed by atoms with Gasteiger partial charge in [-0.3, -0.25) is 0 Å². The highest BCUT2D eigenvalue weighted by molar-refractivity contribution is 7.10. The lowest BCUT2D eigenvalue weighted by Gasteiger charge is -2.39. The zero-order valence-electron chi connectivity index (χ0n) is 11.2. The smallest absolute Gasteiger partial charge is 0.123 e. The van der Waals surface area contributed by atoms with E-state index in [1.807, 2.05) is 23.5 Å². The Morgan fingerprint density at radius 1 is 1.05 bits per heavy atom. The summed E-state index contributed by atoms with van der Waals surface area (Å²) in [4.78, 5) is 1.50. The molecule has 3 atom stereocenters. The second kappa shape index (κ2) is 4.97. The molecule has 0 N–H and O–H groups in total. The van der Waals surface area contributed by atoms with Gasteiger partial charge in [0.25, 0.3) is 0 Å². The molecular weight excluding hydrogens is 271 g/mol. The van der Waals surface area contributed by atoms with Crippen molar-refractivity contribution in [1.29, 1.82) is 0 Å². The molecule has 2 aliphatic rings. The molecule has 0 radical (unpaired) electrons. The molecule has 20 heavy (non-hydrogen) atoms. The van der Waals surface area contributed by atoms with Crippen molar-refractivity contribution in [2.45, 2.75) is 43.8 Å². The Labute approximate surface area is 122 Å². The number of benzene rings is 1. The minimum Gasteiger partial charge on any atom is -0.365 e. The predicted octanol–water partition coefficient (Wildman–Crippen LogP) is 5.03. The van der Waals surface area contributed by atoms with Gasteiger partial charge in [0.2, 0.25) is 0 Å². The largest absolute Gasteiger partial charge is 0.365 e. The van der Waals surface area contributed by atoms with Crippen LogP contribution >= 0.6 is 11.3 Å². The average molecular weight is 288 g/mol. The van der Waals surface area contributed by atoms with Gasteiger partial charge >= 0.3 is 0 Å². The van der Waals surface area contributed by atoms with Crippen LogP contribution < -0.4 is 0 Å². The van der Waals surface area contributed by atoms with Gasteiger partial charge in [0.1, 0.15) is 11.9 Å². The summed E-state index contributed by atoms with van der Waals surface area (Å²) in [6, 6.07) is 8.93. The van der Waals surface area contributed by atoms with E-state index >= 15 is 0 Å². The molecular formula is C17H17FOS. The Bertz CT molecular complexity index is 604. The highest BCUT2D eigenvalue weighted by atomic mass is 32.1. The summed E-state index contributed by atoms with van der Waals surface area (Å²) in [5.41, 5.74) is 2.36. The average Bonchev–Trinajstić information content (AvgIpc) is 2.97. The van der Waals surface area contributed by atoms with Crippen molar-refractivity contribution in [3.63, 3.8) is 0 Å². The van der Waals surface area contributed by atoms with Crippen LogP contribution in [0.25, 0.3) is 0 Å². The maximum atomic E-state index is 13.1. The second-order valence-electron chi connectivity index (χ2n) is 5.74. The lowest BCUT2D eigenvalue weighted by Crippen LogP contribution is -2.32. The lowest BCUT2D eigenvalue weighted by atomic mass is 9.80. The van der Waals surface area contributed by atoms with Crippen molar-refractivity contribution >= 4 is 11.3 Å². The van der Waals surface area contributed by atoms with Crippen molar-refractivity contribution in [2.24, 2.45) is 0 Å². The predicted molar refractivity (Wildman–Crippen MR) is 78.6 cm³/mol. The molecule has 0 bridgehead atoms. The van der Waals surface area contributed by atoms with Crippen molar-refractivity contribution in [2.75, 3.05) is 0 Å². The van der Waals surface area contributed by atoms with Crippen LogP contribution in [-0.4, -0.2) is 6.10 Å². The van der Waals surface area contributed by atoms with E-state index in [1.165, 1.54) is 41.8 Å². The van der Waals surface area contributed by atoms with Crippen LogP contribution in [0.3, 0.4) is 0 Å². The summed E-state index contributed by atoms with van der Waals surface area (Å²) in [5.74, 6) is 0.390. The number of fused-ring (bicyclic) bond motifs is 3. The van der Waals surface area contributed by atoms with E-state index < -0.39 is 0 Å². The first-order valence-corrected chi connectivity index (χ1v) is 8.19. The van der Waals surface area contributed by atoms with Crippen LogP contribution in [0.2, 0.25) is 0 Å².